The fourth-order valence-electron chi connectivity index (χ4n) is 1.26. The van der Waals surface area contributed by atoms with Gasteiger partial charge in [-0.2, -0.15) is 0 Å². The first-order valence-electron chi connectivity index (χ1n) is 4.33. The summed E-state index contributed by atoms with van der Waals surface area (Å²) >= 11 is 0. The molecule has 1 saturated heterocycles. The van der Waals surface area contributed by atoms with Gasteiger partial charge in [0.1, 0.15) is 0 Å². The van der Waals surface area contributed by atoms with Crippen LogP contribution in [0.25, 0.3) is 10.4 Å². The second-order valence-corrected chi connectivity index (χ2v) is 8.54. The van der Waals surface area contributed by atoms with E-state index in [-0.39, 0.29) is 12.1 Å². The molecule has 0 aliphatic carbocycles. The van der Waals surface area contributed by atoms with Crippen LogP contribution in [0.2, 0.25) is 19.6 Å². The van der Waals surface area contributed by atoms with Crippen molar-refractivity contribution in [3.05, 3.63) is 10.4 Å². The molecule has 1 aliphatic rings. The van der Waals surface area contributed by atoms with Crippen LogP contribution in [0.5, 0.6) is 0 Å². The van der Waals surface area contributed by atoms with Crippen LogP contribution < -0.4 is 0 Å². The Labute approximate surface area is 78.8 Å². The molecule has 0 amide bonds. The lowest BCUT2D eigenvalue weighted by Crippen LogP contribution is -2.37. The third kappa shape index (κ3) is 3.36. The van der Waals surface area contributed by atoms with Crippen molar-refractivity contribution in [3.63, 3.8) is 0 Å². The van der Waals surface area contributed by atoms with Gasteiger partial charge in [-0.3, -0.25) is 0 Å². The molecular weight excluding hydrogens is 186 g/mol. The predicted molar refractivity (Wildman–Crippen MR) is 52.0 cm³/mol. The topological polar surface area (TPSA) is 67.2 Å². The third-order valence-electron chi connectivity index (χ3n) is 1.70. The normalized spacial score (nSPS) is 28.5. The van der Waals surface area contributed by atoms with E-state index in [9.17, 15) is 0 Å². The zero-order valence-corrected chi connectivity index (χ0v) is 9.23. The van der Waals surface area contributed by atoms with E-state index in [0.29, 0.717) is 13.2 Å². The smallest absolute Gasteiger partial charge is 0.184 e. The van der Waals surface area contributed by atoms with Crippen molar-refractivity contribution in [3.8, 4) is 0 Å². The van der Waals surface area contributed by atoms with E-state index in [1.807, 2.05) is 0 Å². The van der Waals surface area contributed by atoms with Crippen molar-refractivity contribution >= 4 is 8.32 Å². The second kappa shape index (κ2) is 4.10. The number of ether oxygens (including phenoxy) is 1. The van der Waals surface area contributed by atoms with Crippen LogP contribution in [0.3, 0.4) is 0 Å². The average Bonchev–Trinajstić information content (AvgIpc) is 2.34. The van der Waals surface area contributed by atoms with Crippen LogP contribution in [-0.4, -0.2) is 33.7 Å². The van der Waals surface area contributed by atoms with Gasteiger partial charge in [0.25, 0.3) is 0 Å². The first-order valence-corrected chi connectivity index (χ1v) is 7.73. The van der Waals surface area contributed by atoms with Gasteiger partial charge >= 0.3 is 0 Å². The second-order valence-electron chi connectivity index (χ2n) is 4.08. The summed E-state index contributed by atoms with van der Waals surface area (Å²) in [5.41, 5.74) is 8.30. The Morgan fingerprint density at radius 1 is 1.46 bits per heavy atom. The molecule has 2 atom stereocenters. The Morgan fingerprint density at radius 3 is 2.69 bits per heavy atom. The van der Waals surface area contributed by atoms with Crippen molar-refractivity contribution in [2.75, 3.05) is 13.2 Å². The average molecular weight is 201 g/mol. The maximum atomic E-state index is 8.30. The van der Waals surface area contributed by atoms with Crippen molar-refractivity contribution < 1.29 is 9.16 Å². The molecule has 1 rings (SSSR count). The molecule has 74 valence electrons. The van der Waals surface area contributed by atoms with Crippen molar-refractivity contribution in [1.82, 2.24) is 0 Å². The quantitative estimate of drug-likeness (QED) is 0.303. The summed E-state index contributed by atoms with van der Waals surface area (Å²) in [6, 6.07) is -0.142. The van der Waals surface area contributed by atoms with E-state index in [0.717, 1.165) is 0 Å². The molecule has 0 bridgehead atoms. The van der Waals surface area contributed by atoms with Gasteiger partial charge in [0.15, 0.2) is 8.32 Å². The molecule has 5 nitrogen and oxygen atoms in total. The minimum absolute atomic E-state index is 0.0393. The Balaban J connectivity index is 2.53. The van der Waals surface area contributed by atoms with E-state index < -0.39 is 8.32 Å². The molecule has 0 aromatic rings. The Morgan fingerprint density at radius 2 is 2.15 bits per heavy atom. The SMILES string of the molecule is C[Si](C)(C)O[C@@H]1COC[C@@H]1N=[N+]=[N-]. The van der Waals surface area contributed by atoms with E-state index in [1.165, 1.54) is 0 Å². The molecule has 0 unspecified atom stereocenters. The number of hydrogen-bond donors (Lipinski definition) is 0. The summed E-state index contributed by atoms with van der Waals surface area (Å²) in [4.78, 5) is 2.78. The third-order valence-corrected chi connectivity index (χ3v) is 2.71. The highest BCUT2D eigenvalue weighted by molar-refractivity contribution is 6.69. The molecule has 6 heteroatoms. The van der Waals surface area contributed by atoms with Gasteiger partial charge in [0.05, 0.1) is 25.4 Å². The number of azide groups is 1. The minimum Gasteiger partial charge on any atom is -0.412 e. The Bertz CT molecular complexity index is 222. The zero-order chi connectivity index (χ0) is 9.90. The first-order chi connectivity index (χ1) is 6.03. The summed E-state index contributed by atoms with van der Waals surface area (Å²) in [5, 5.41) is 3.64. The van der Waals surface area contributed by atoms with Crippen LogP contribution in [-0.2, 0) is 9.16 Å². The lowest BCUT2D eigenvalue weighted by Gasteiger charge is -2.24. The lowest BCUT2D eigenvalue weighted by molar-refractivity contribution is 0.136. The van der Waals surface area contributed by atoms with Gasteiger partial charge in [-0.25, -0.2) is 0 Å². The van der Waals surface area contributed by atoms with Crippen LogP contribution in [0, 0.1) is 0 Å². The van der Waals surface area contributed by atoms with Gasteiger partial charge < -0.3 is 9.16 Å². The van der Waals surface area contributed by atoms with Crippen molar-refractivity contribution in [2.45, 2.75) is 31.8 Å². The zero-order valence-electron chi connectivity index (χ0n) is 8.23. The van der Waals surface area contributed by atoms with Crippen molar-refractivity contribution in [1.29, 1.82) is 0 Å². The highest BCUT2D eigenvalue weighted by Crippen LogP contribution is 2.18. The van der Waals surface area contributed by atoms with Crippen LogP contribution in [0.15, 0.2) is 5.11 Å². The van der Waals surface area contributed by atoms with E-state index in [4.69, 9.17) is 14.7 Å². The van der Waals surface area contributed by atoms with Crippen LogP contribution in [0.4, 0.5) is 0 Å². The number of hydrogen-bond acceptors (Lipinski definition) is 3. The molecule has 0 saturated carbocycles. The number of nitrogens with zero attached hydrogens (tertiary/aromatic N) is 3. The van der Waals surface area contributed by atoms with Crippen LogP contribution in [0.1, 0.15) is 0 Å². The van der Waals surface area contributed by atoms with E-state index in [1.54, 1.807) is 0 Å². The molecule has 13 heavy (non-hydrogen) atoms. The summed E-state index contributed by atoms with van der Waals surface area (Å²) in [6.07, 6.45) is -0.0393. The standard InChI is InChI=1S/C7H15N3O2Si/c1-13(2,3)12-7-5-11-4-6(7)9-10-8/h6-7H,4-5H2,1-3H3/t6-,7+/m0/s1. The van der Waals surface area contributed by atoms with Crippen molar-refractivity contribution in [2.24, 2.45) is 5.11 Å². The summed E-state index contributed by atoms with van der Waals surface area (Å²) in [6.45, 7) is 7.36. The molecule has 0 radical (unpaired) electrons. The molecular formula is C7H15N3O2Si. The highest BCUT2D eigenvalue weighted by Gasteiger charge is 2.32. The minimum atomic E-state index is -1.56. The molecule has 1 fully saturated rings. The van der Waals surface area contributed by atoms with E-state index in [2.05, 4.69) is 29.7 Å². The monoisotopic (exact) mass is 201 g/mol. The highest BCUT2D eigenvalue weighted by atomic mass is 28.4. The lowest BCUT2D eigenvalue weighted by atomic mass is 10.2. The van der Waals surface area contributed by atoms with Gasteiger partial charge in [-0.1, -0.05) is 5.11 Å². The van der Waals surface area contributed by atoms with Gasteiger partial charge in [-0.15, -0.1) is 0 Å². The molecule has 0 spiro atoms. The Kier molecular flexibility index (Phi) is 3.32. The Hall–Kier alpha value is -0.553. The predicted octanol–water partition coefficient (Wildman–Crippen LogP) is 1.92. The van der Waals surface area contributed by atoms with Gasteiger partial charge in [0.2, 0.25) is 0 Å². The summed E-state index contributed by atoms with van der Waals surface area (Å²) in [5.74, 6) is 0. The van der Waals surface area contributed by atoms with E-state index >= 15 is 0 Å². The molecule has 0 aromatic carbocycles. The van der Waals surface area contributed by atoms with Gasteiger partial charge in [0, 0.05) is 4.91 Å². The molecule has 1 aliphatic heterocycles. The molecule has 1 heterocycles. The fraction of sp³-hybridized carbons (Fsp3) is 1.00. The maximum absolute atomic E-state index is 8.30. The van der Waals surface area contributed by atoms with Gasteiger partial charge in [-0.05, 0) is 25.2 Å². The molecule has 0 aromatic heterocycles. The first kappa shape index (κ1) is 10.5. The molecule has 0 N–H and O–H groups in total. The number of rotatable bonds is 3. The summed E-state index contributed by atoms with van der Waals surface area (Å²) in [7, 11) is -1.56. The fourth-order valence-corrected chi connectivity index (χ4v) is 2.40. The maximum Gasteiger partial charge on any atom is 0.184 e. The summed E-state index contributed by atoms with van der Waals surface area (Å²) < 4.78 is 11.0. The van der Waals surface area contributed by atoms with Crippen LogP contribution >= 0.6 is 0 Å². The largest absolute Gasteiger partial charge is 0.412 e.